The first-order valence-corrected chi connectivity index (χ1v) is 14.0. The monoisotopic (exact) mass is 586 g/mol. The number of aryl methyl sites for hydroxylation is 1. The second kappa shape index (κ2) is 14.1. The van der Waals surface area contributed by atoms with Gasteiger partial charge in [-0.1, -0.05) is 42.5 Å². The summed E-state index contributed by atoms with van der Waals surface area (Å²) in [4.78, 5) is 37.1. The van der Waals surface area contributed by atoms with Gasteiger partial charge in [-0.2, -0.15) is 0 Å². The van der Waals surface area contributed by atoms with Gasteiger partial charge in [0.2, 0.25) is 6.29 Å². The van der Waals surface area contributed by atoms with Crippen molar-refractivity contribution in [1.29, 1.82) is 0 Å². The molecule has 230 valence electrons. The van der Waals surface area contributed by atoms with E-state index in [0.29, 0.717) is 12.2 Å². The summed E-state index contributed by atoms with van der Waals surface area (Å²) in [6.07, 6.45) is -6.25. The molecular formula is C32H42O10. The number of hydrogen-bond acceptors (Lipinski definition) is 10. The van der Waals surface area contributed by atoms with Crippen molar-refractivity contribution in [3.05, 3.63) is 65.7 Å². The lowest BCUT2D eigenvalue weighted by Crippen LogP contribution is -2.62. The minimum Gasteiger partial charge on any atom is -0.462 e. The Morgan fingerprint density at radius 2 is 1.40 bits per heavy atom. The van der Waals surface area contributed by atoms with Crippen LogP contribution < -0.4 is 4.74 Å². The molecule has 42 heavy (non-hydrogen) atoms. The van der Waals surface area contributed by atoms with Gasteiger partial charge in [-0.25, -0.2) is 0 Å². The molecule has 1 heterocycles. The average Bonchev–Trinajstić information content (AvgIpc) is 2.93. The van der Waals surface area contributed by atoms with E-state index in [-0.39, 0.29) is 25.6 Å². The number of esters is 3. The highest BCUT2D eigenvalue weighted by Crippen LogP contribution is 2.29. The Balaban J connectivity index is 1.63. The molecule has 0 aliphatic carbocycles. The zero-order valence-corrected chi connectivity index (χ0v) is 25.1. The van der Waals surface area contributed by atoms with E-state index >= 15 is 0 Å². The fraction of sp³-hybridized carbons (Fsp3) is 0.531. The Morgan fingerprint density at radius 1 is 0.786 bits per heavy atom. The van der Waals surface area contributed by atoms with Gasteiger partial charge in [-0.15, -0.1) is 0 Å². The average molecular weight is 587 g/mol. The van der Waals surface area contributed by atoms with Gasteiger partial charge in [0.15, 0.2) is 12.2 Å². The van der Waals surface area contributed by atoms with Crippen LogP contribution in [-0.4, -0.2) is 65.4 Å². The van der Waals surface area contributed by atoms with E-state index in [1.165, 1.54) is 0 Å². The number of hydrogen-bond donors (Lipinski definition) is 2. The van der Waals surface area contributed by atoms with Gasteiger partial charge in [0, 0.05) is 6.42 Å². The molecule has 2 N–H and O–H groups in total. The third kappa shape index (κ3) is 9.54. The van der Waals surface area contributed by atoms with Crippen molar-refractivity contribution in [2.45, 2.75) is 91.7 Å². The van der Waals surface area contributed by atoms with Crippen molar-refractivity contribution in [2.24, 2.45) is 10.8 Å². The minimum absolute atomic E-state index is 0.200. The van der Waals surface area contributed by atoms with Crippen molar-refractivity contribution in [2.75, 3.05) is 6.61 Å². The van der Waals surface area contributed by atoms with E-state index in [2.05, 4.69) is 0 Å². The molecule has 0 aromatic heterocycles. The summed E-state index contributed by atoms with van der Waals surface area (Å²) in [5, 5.41) is 21.9. The zero-order chi connectivity index (χ0) is 31.1. The number of rotatable bonds is 10. The highest BCUT2D eigenvalue weighted by atomic mass is 16.7. The van der Waals surface area contributed by atoms with Crippen LogP contribution in [0, 0.1) is 10.8 Å². The van der Waals surface area contributed by atoms with Gasteiger partial charge in [0.25, 0.3) is 0 Å². The Hall–Kier alpha value is -3.47. The third-order valence-corrected chi connectivity index (χ3v) is 6.52. The van der Waals surface area contributed by atoms with E-state index in [0.717, 1.165) is 11.1 Å². The fourth-order valence-corrected chi connectivity index (χ4v) is 3.88. The van der Waals surface area contributed by atoms with Gasteiger partial charge < -0.3 is 33.9 Å². The second-order valence-corrected chi connectivity index (χ2v) is 12.4. The molecule has 0 spiro atoms. The van der Waals surface area contributed by atoms with Crippen LogP contribution in [0.5, 0.6) is 5.75 Å². The van der Waals surface area contributed by atoms with Gasteiger partial charge in [0.1, 0.15) is 31.2 Å². The SMILES string of the molecule is CC(C)(C)C(=O)OC[C@H]1O[C@@H](Oc2ccc(CCC(=O)OCc3ccccc3)cc2)[C@H](O)[C@@H](OC(=O)C(C)(C)C)[C@H]1O. The lowest BCUT2D eigenvalue weighted by atomic mass is 9.95. The molecule has 1 saturated heterocycles. The van der Waals surface area contributed by atoms with E-state index in [1.54, 1.807) is 65.8 Å². The first-order chi connectivity index (χ1) is 19.6. The maximum absolute atomic E-state index is 12.6. The summed E-state index contributed by atoms with van der Waals surface area (Å²) in [5.74, 6) is -1.13. The topological polar surface area (TPSA) is 138 Å². The summed E-state index contributed by atoms with van der Waals surface area (Å²) in [6, 6.07) is 16.3. The molecule has 0 saturated carbocycles. The van der Waals surface area contributed by atoms with E-state index in [9.17, 15) is 24.6 Å². The molecule has 1 aliphatic rings. The van der Waals surface area contributed by atoms with Crippen molar-refractivity contribution in [3.8, 4) is 5.75 Å². The third-order valence-electron chi connectivity index (χ3n) is 6.52. The smallest absolute Gasteiger partial charge is 0.311 e. The highest BCUT2D eigenvalue weighted by molar-refractivity contribution is 5.76. The molecule has 10 nitrogen and oxygen atoms in total. The van der Waals surface area contributed by atoms with Gasteiger partial charge >= 0.3 is 17.9 Å². The lowest BCUT2D eigenvalue weighted by molar-refractivity contribution is -0.284. The number of carbonyl (C=O) groups excluding carboxylic acids is 3. The standard InChI is InChI=1S/C32H42O10/c1-31(2,3)29(36)39-19-23-25(34)27(42-30(37)32(4,5)6)26(35)28(41-23)40-22-15-12-20(13-16-22)14-17-24(33)38-18-21-10-8-7-9-11-21/h7-13,15-16,23,25-28,34-35H,14,17-19H2,1-6H3/t23-,25+,26-,27+,28-/m1/s1. The van der Waals surface area contributed by atoms with Crippen molar-refractivity contribution in [1.82, 2.24) is 0 Å². The lowest BCUT2D eigenvalue weighted by Gasteiger charge is -2.42. The van der Waals surface area contributed by atoms with Crippen LogP contribution in [0.1, 0.15) is 59.1 Å². The summed E-state index contributed by atoms with van der Waals surface area (Å²) in [6.45, 7) is 9.88. The molecule has 0 amide bonds. The summed E-state index contributed by atoms with van der Waals surface area (Å²) in [5.41, 5.74) is 0.0973. The number of benzene rings is 2. The fourth-order valence-electron chi connectivity index (χ4n) is 3.88. The Morgan fingerprint density at radius 3 is 2.00 bits per heavy atom. The van der Waals surface area contributed by atoms with E-state index in [4.69, 9.17) is 23.7 Å². The van der Waals surface area contributed by atoms with E-state index in [1.807, 2.05) is 30.3 Å². The second-order valence-electron chi connectivity index (χ2n) is 12.4. The normalized spacial score (nSPS) is 22.6. The number of carbonyl (C=O) groups is 3. The highest BCUT2D eigenvalue weighted by Gasteiger charge is 2.49. The molecule has 2 aromatic rings. The van der Waals surface area contributed by atoms with Crippen LogP contribution in [0.4, 0.5) is 0 Å². The Kier molecular flexibility index (Phi) is 11.1. The first kappa shape index (κ1) is 33.0. The predicted molar refractivity (Wildman–Crippen MR) is 152 cm³/mol. The molecule has 0 bridgehead atoms. The molecule has 1 fully saturated rings. The molecule has 5 atom stereocenters. The molecular weight excluding hydrogens is 544 g/mol. The predicted octanol–water partition coefficient (Wildman–Crippen LogP) is 3.74. The minimum atomic E-state index is -1.54. The molecule has 0 radical (unpaired) electrons. The number of aliphatic hydroxyl groups excluding tert-OH is 2. The van der Waals surface area contributed by atoms with Crippen LogP contribution >= 0.6 is 0 Å². The Labute approximate surface area is 246 Å². The van der Waals surface area contributed by atoms with Crippen molar-refractivity contribution >= 4 is 17.9 Å². The number of ether oxygens (including phenoxy) is 5. The largest absolute Gasteiger partial charge is 0.462 e. The Bertz CT molecular complexity index is 1180. The van der Waals surface area contributed by atoms with Gasteiger partial charge in [-0.3, -0.25) is 14.4 Å². The van der Waals surface area contributed by atoms with Gasteiger partial charge in [-0.05, 0) is 71.2 Å². The van der Waals surface area contributed by atoms with Crippen LogP contribution in [0.2, 0.25) is 0 Å². The molecule has 2 aromatic carbocycles. The quantitative estimate of drug-likeness (QED) is 0.313. The summed E-state index contributed by atoms with van der Waals surface area (Å²) >= 11 is 0. The van der Waals surface area contributed by atoms with Crippen LogP contribution in [0.15, 0.2) is 54.6 Å². The zero-order valence-electron chi connectivity index (χ0n) is 25.1. The van der Waals surface area contributed by atoms with Gasteiger partial charge in [0.05, 0.1) is 10.8 Å². The van der Waals surface area contributed by atoms with Crippen LogP contribution in [-0.2, 0) is 46.4 Å². The molecule has 0 unspecified atom stereocenters. The molecule has 1 aliphatic heterocycles. The van der Waals surface area contributed by atoms with Crippen LogP contribution in [0.25, 0.3) is 0 Å². The molecule has 3 rings (SSSR count). The van der Waals surface area contributed by atoms with Crippen molar-refractivity contribution in [3.63, 3.8) is 0 Å². The maximum Gasteiger partial charge on any atom is 0.311 e. The van der Waals surface area contributed by atoms with E-state index < -0.39 is 53.5 Å². The van der Waals surface area contributed by atoms with Crippen LogP contribution in [0.3, 0.4) is 0 Å². The van der Waals surface area contributed by atoms with Crippen molar-refractivity contribution < 1.29 is 48.3 Å². The number of aliphatic hydroxyl groups is 2. The molecule has 10 heteroatoms. The first-order valence-electron chi connectivity index (χ1n) is 14.0. The maximum atomic E-state index is 12.6. The summed E-state index contributed by atoms with van der Waals surface area (Å²) < 4.78 is 27.8. The summed E-state index contributed by atoms with van der Waals surface area (Å²) in [7, 11) is 0.